The molecule has 0 aromatic carbocycles. The van der Waals surface area contributed by atoms with Crippen LogP contribution < -0.4 is 16.4 Å². The lowest BCUT2D eigenvalue weighted by molar-refractivity contribution is -0.126. The molecule has 0 aromatic rings. The van der Waals surface area contributed by atoms with Gasteiger partial charge in [0.15, 0.2) is 0 Å². The highest BCUT2D eigenvalue weighted by atomic mass is 16.2. The normalized spacial score (nSPS) is 23.9. The van der Waals surface area contributed by atoms with Crippen LogP contribution in [0.2, 0.25) is 0 Å². The second-order valence-corrected chi connectivity index (χ2v) is 3.56. The summed E-state index contributed by atoms with van der Waals surface area (Å²) in [7, 11) is 0. The lowest BCUT2D eigenvalue weighted by atomic mass is 10.1. The minimum Gasteiger partial charge on any atom is -0.354 e. The standard InChI is InChI=1S/C9H17N3O2/c1-2-7(10)9(14)12-6-3-4-8(13)11-5-6/h6-7H,2-5,10H2,1H3,(H,11,13)(H,12,14)/t6?,7-/m0/s1. The molecular weight excluding hydrogens is 182 g/mol. The number of nitrogens with two attached hydrogens (primary N) is 1. The van der Waals surface area contributed by atoms with E-state index in [9.17, 15) is 9.59 Å². The zero-order chi connectivity index (χ0) is 10.6. The van der Waals surface area contributed by atoms with Crippen molar-refractivity contribution < 1.29 is 9.59 Å². The van der Waals surface area contributed by atoms with Gasteiger partial charge in [-0.05, 0) is 12.8 Å². The van der Waals surface area contributed by atoms with Crippen LogP contribution in [0.4, 0.5) is 0 Å². The van der Waals surface area contributed by atoms with E-state index < -0.39 is 6.04 Å². The lowest BCUT2D eigenvalue weighted by Crippen LogP contribution is -2.51. The van der Waals surface area contributed by atoms with Crippen molar-refractivity contribution in [1.82, 2.24) is 10.6 Å². The Morgan fingerprint density at radius 1 is 1.79 bits per heavy atom. The van der Waals surface area contributed by atoms with Crippen molar-refractivity contribution in [2.75, 3.05) is 6.54 Å². The van der Waals surface area contributed by atoms with Crippen molar-refractivity contribution in [3.63, 3.8) is 0 Å². The summed E-state index contributed by atoms with van der Waals surface area (Å²) in [5, 5.41) is 5.51. The summed E-state index contributed by atoms with van der Waals surface area (Å²) in [4.78, 5) is 22.2. The van der Waals surface area contributed by atoms with E-state index in [0.29, 0.717) is 25.8 Å². The van der Waals surface area contributed by atoms with Crippen molar-refractivity contribution in [3.8, 4) is 0 Å². The lowest BCUT2D eigenvalue weighted by Gasteiger charge is -2.24. The third-order valence-electron chi connectivity index (χ3n) is 2.39. The van der Waals surface area contributed by atoms with Crippen LogP contribution in [-0.2, 0) is 9.59 Å². The molecule has 2 amide bonds. The van der Waals surface area contributed by atoms with E-state index in [1.807, 2.05) is 6.92 Å². The molecule has 5 nitrogen and oxygen atoms in total. The van der Waals surface area contributed by atoms with Crippen LogP contribution in [0, 0.1) is 0 Å². The Bertz CT molecular complexity index is 220. The average Bonchev–Trinajstić information content (AvgIpc) is 2.20. The first kappa shape index (κ1) is 11.0. The summed E-state index contributed by atoms with van der Waals surface area (Å²) >= 11 is 0. The molecule has 4 N–H and O–H groups in total. The van der Waals surface area contributed by atoms with Crippen LogP contribution >= 0.6 is 0 Å². The van der Waals surface area contributed by atoms with Gasteiger partial charge in [-0.1, -0.05) is 6.92 Å². The molecule has 0 aromatic heterocycles. The summed E-state index contributed by atoms with van der Waals surface area (Å²) in [6, 6.07) is -0.398. The van der Waals surface area contributed by atoms with Crippen molar-refractivity contribution in [2.45, 2.75) is 38.3 Å². The minimum absolute atomic E-state index is 0.0396. The molecule has 1 aliphatic heterocycles. The van der Waals surface area contributed by atoms with Crippen LogP contribution in [0.1, 0.15) is 26.2 Å². The van der Waals surface area contributed by atoms with Crippen LogP contribution in [0.3, 0.4) is 0 Å². The Kier molecular flexibility index (Phi) is 3.88. The zero-order valence-corrected chi connectivity index (χ0v) is 8.38. The summed E-state index contributed by atoms with van der Waals surface area (Å²) in [6.07, 6.45) is 1.81. The topological polar surface area (TPSA) is 84.2 Å². The first-order valence-electron chi connectivity index (χ1n) is 4.96. The van der Waals surface area contributed by atoms with Gasteiger partial charge in [0.1, 0.15) is 0 Å². The highest BCUT2D eigenvalue weighted by molar-refractivity contribution is 5.82. The smallest absolute Gasteiger partial charge is 0.237 e. The molecule has 80 valence electrons. The van der Waals surface area contributed by atoms with Gasteiger partial charge in [-0.15, -0.1) is 0 Å². The Morgan fingerprint density at radius 3 is 3.00 bits per heavy atom. The number of rotatable bonds is 3. The van der Waals surface area contributed by atoms with Gasteiger partial charge in [0, 0.05) is 19.0 Å². The molecule has 2 atom stereocenters. The van der Waals surface area contributed by atoms with Gasteiger partial charge < -0.3 is 16.4 Å². The van der Waals surface area contributed by atoms with Gasteiger partial charge in [-0.3, -0.25) is 9.59 Å². The molecule has 5 heteroatoms. The molecular formula is C9H17N3O2. The first-order chi connectivity index (χ1) is 6.63. The molecule has 14 heavy (non-hydrogen) atoms. The zero-order valence-electron chi connectivity index (χ0n) is 8.38. The maximum atomic E-state index is 11.4. The molecule has 0 saturated carbocycles. The number of nitrogens with one attached hydrogen (secondary N) is 2. The average molecular weight is 199 g/mol. The van der Waals surface area contributed by atoms with E-state index in [4.69, 9.17) is 5.73 Å². The molecule has 0 bridgehead atoms. The molecule has 1 unspecified atom stereocenters. The van der Waals surface area contributed by atoms with Crippen molar-refractivity contribution in [1.29, 1.82) is 0 Å². The molecule has 0 aliphatic carbocycles. The monoisotopic (exact) mass is 199 g/mol. The molecule has 0 spiro atoms. The highest BCUT2D eigenvalue weighted by Crippen LogP contribution is 2.02. The van der Waals surface area contributed by atoms with E-state index in [0.717, 1.165) is 0 Å². The van der Waals surface area contributed by atoms with E-state index in [2.05, 4.69) is 10.6 Å². The number of hydrogen-bond donors (Lipinski definition) is 3. The second-order valence-electron chi connectivity index (χ2n) is 3.56. The summed E-state index contributed by atoms with van der Waals surface area (Å²) in [6.45, 7) is 2.38. The van der Waals surface area contributed by atoms with Gasteiger partial charge in [0.2, 0.25) is 11.8 Å². The van der Waals surface area contributed by atoms with E-state index in [1.54, 1.807) is 0 Å². The summed E-state index contributed by atoms with van der Waals surface area (Å²) in [5.41, 5.74) is 5.56. The fourth-order valence-electron chi connectivity index (χ4n) is 1.35. The Labute approximate surface area is 83.4 Å². The number of amides is 2. The fraction of sp³-hybridized carbons (Fsp3) is 0.778. The first-order valence-corrected chi connectivity index (χ1v) is 4.96. The van der Waals surface area contributed by atoms with Crippen molar-refractivity contribution >= 4 is 11.8 Å². The molecule has 0 radical (unpaired) electrons. The van der Waals surface area contributed by atoms with Crippen LogP contribution in [0.25, 0.3) is 0 Å². The van der Waals surface area contributed by atoms with Gasteiger partial charge in [0.25, 0.3) is 0 Å². The molecule has 1 rings (SSSR count). The Morgan fingerprint density at radius 2 is 2.50 bits per heavy atom. The number of piperidine rings is 1. The third kappa shape index (κ3) is 2.99. The van der Waals surface area contributed by atoms with Crippen LogP contribution in [0.15, 0.2) is 0 Å². The van der Waals surface area contributed by atoms with Crippen molar-refractivity contribution in [3.05, 3.63) is 0 Å². The van der Waals surface area contributed by atoms with Crippen LogP contribution in [-0.4, -0.2) is 30.4 Å². The predicted molar refractivity (Wildman–Crippen MR) is 52.4 cm³/mol. The quantitative estimate of drug-likeness (QED) is 0.552. The second kappa shape index (κ2) is 4.95. The SMILES string of the molecule is CC[C@H](N)C(=O)NC1CCC(=O)NC1. The molecule has 1 aliphatic rings. The van der Waals surface area contributed by atoms with Crippen molar-refractivity contribution in [2.24, 2.45) is 5.73 Å². The van der Waals surface area contributed by atoms with E-state index in [-0.39, 0.29) is 17.9 Å². The van der Waals surface area contributed by atoms with E-state index >= 15 is 0 Å². The summed E-state index contributed by atoms with van der Waals surface area (Å²) < 4.78 is 0. The third-order valence-corrected chi connectivity index (χ3v) is 2.39. The Balaban J connectivity index is 2.30. The van der Waals surface area contributed by atoms with Gasteiger partial charge in [-0.25, -0.2) is 0 Å². The predicted octanol–water partition coefficient (Wildman–Crippen LogP) is -0.881. The highest BCUT2D eigenvalue weighted by Gasteiger charge is 2.21. The maximum Gasteiger partial charge on any atom is 0.237 e. The van der Waals surface area contributed by atoms with Gasteiger partial charge in [-0.2, -0.15) is 0 Å². The molecule has 1 saturated heterocycles. The fourth-order valence-corrected chi connectivity index (χ4v) is 1.35. The minimum atomic E-state index is -0.437. The summed E-state index contributed by atoms with van der Waals surface area (Å²) in [5.74, 6) is -0.0797. The van der Waals surface area contributed by atoms with Crippen LogP contribution in [0.5, 0.6) is 0 Å². The maximum absolute atomic E-state index is 11.4. The number of carbonyl (C=O) groups is 2. The Hall–Kier alpha value is -1.10. The molecule has 1 fully saturated rings. The van der Waals surface area contributed by atoms with Gasteiger partial charge in [0.05, 0.1) is 6.04 Å². The van der Waals surface area contributed by atoms with Gasteiger partial charge >= 0.3 is 0 Å². The molecule has 1 heterocycles. The number of carbonyl (C=O) groups excluding carboxylic acids is 2. The largest absolute Gasteiger partial charge is 0.354 e. The van der Waals surface area contributed by atoms with E-state index in [1.165, 1.54) is 0 Å². The number of hydrogen-bond acceptors (Lipinski definition) is 3.